The molecule has 2 nitrogen and oxygen atoms in total. The van der Waals surface area contributed by atoms with E-state index in [-0.39, 0.29) is 84.6 Å². The molecule has 7 heteroatoms. The minimum Gasteiger partial charge on any atom is -1.00 e. The van der Waals surface area contributed by atoms with Crippen molar-refractivity contribution in [2.45, 2.75) is 74.1 Å². The first-order valence-electron chi connectivity index (χ1n) is 11.9. The van der Waals surface area contributed by atoms with Crippen molar-refractivity contribution in [2.24, 2.45) is 0 Å². The van der Waals surface area contributed by atoms with E-state index in [9.17, 15) is 4.79 Å². The Labute approximate surface area is 301 Å². The van der Waals surface area contributed by atoms with Crippen LogP contribution in [0.25, 0.3) is 0 Å². The molecule has 0 aliphatic carbocycles. The molecule has 0 radical (unpaired) electrons. The van der Waals surface area contributed by atoms with Crippen LogP contribution in [0.5, 0.6) is 0 Å². The van der Waals surface area contributed by atoms with Crippen LogP contribution in [-0.2, 0) is 6.42 Å². The molecule has 1 aromatic carbocycles. The number of carbonyl (C=O) groups is 1. The van der Waals surface area contributed by atoms with Crippen LogP contribution in [0.15, 0.2) is 59.3 Å². The number of aldehydes is 1. The first-order valence-corrected chi connectivity index (χ1v) is 14.5. The Balaban J connectivity index is -0.000000135. The fourth-order valence-corrected chi connectivity index (χ4v) is 5.39. The molecular weight excluding hydrogens is 547 g/mol. The standard InChI is InChI=1S/C13H14S.C6H6OS.C6H8S.C5H12.CH3.K.Li.H2O.H/c1-10-8-13(14-11(10)2)9-12-6-4-3-5-7-12;1-5-2-3-8-6(5)4-7;1-5-3-4-7-6(5)2;1-3-5-4-2;;;;;/h3-8H,9H2,1-2H3;2-4H,1H3;3-4H,1-2H3;3-5H2,1-2H3;1H3;;;1H2;/q;;;;-1;2*+1;;-1/p-1. The van der Waals surface area contributed by atoms with E-state index >= 15 is 0 Å². The Morgan fingerprint density at radius 1 is 0.789 bits per heavy atom. The summed E-state index contributed by atoms with van der Waals surface area (Å²) < 4.78 is 0. The quantitative estimate of drug-likeness (QED) is 0.191. The van der Waals surface area contributed by atoms with Gasteiger partial charge < -0.3 is 14.3 Å². The maximum absolute atomic E-state index is 10.1. The Morgan fingerprint density at radius 2 is 1.34 bits per heavy atom. The minimum atomic E-state index is 0. The van der Waals surface area contributed by atoms with Gasteiger partial charge in [-0.05, 0) is 85.8 Å². The molecule has 0 saturated heterocycles. The number of carbonyl (C=O) groups excluding carboxylic acids is 1. The molecule has 38 heavy (non-hydrogen) atoms. The van der Waals surface area contributed by atoms with Gasteiger partial charge in [-0.3, -0.25) is 4.79 Å². The molecule has 4 rings (SSSR count). The normalized spacial score (nSPS) is 8.61. The smallest absolute Gasteiger partial charge is 1.00 e. The summed E-state index contributed by atoms with van der Waals surface area (Å²) in [4.78, 5) is 15.3. The summed E-state index contributed by atoms with van der Waals surface area (Å²) in [7, 11) is 0. The molecule has 0 atom stereocenters. The van der Waals surface area contributed by atoms with E-state index in [0.717, 1.165) is 23.1 Å². The van der Waals surface area contributed by atoms with Gasteiger partial charge in [-0.15, -0.1) is 34.0 Å². The molecule has 0 spiro atoms. The van der Waals surface area contributed by atoms with Gasteiger partial charge in [0.1, 0.15) is 0 Å². The molecule has 0 amide bonds. The van der Waals surface area contributed by atoms with Crippen molar-refractivity contribution in [1.82, 2.24) is 0 Å². The van der Waals surface area contributed by atoms with Gasteiger partial charge in [-0.2, -0.15) is 0 Å². The first-order chi connectivity index (χ1) is 16.3. The molecule has 0 aliphatic rings. The van der Waals surface area contributed by atoms with Crippen molar-refractivity contribution in [3.8, 4) is 0 Å². The second kappa shape index (κ2) is 27.4. The Bertz CT molecular complexity index is 1040. The summed E-state index contributed by atoms with van der Waals surface area (Å²) >= 11 is 5.20. The van der Waals surface area contributed by atoms with E-state index in [4.69, 9.17) is 0 Å². The molecular formula is C31H45KLiO2S3-. The first kappa shape index (κ1) is 45.2. The van der Waals surface area contributed by atoms with Gasteiger partial charge >= 0.3 is 70.2 Å². The maximum atomic E-state index is 10.1. The van der Waals surface area contributed by atoms with Gasteiger partial charge in [0.05, 0.1) is 4.88 Å². The average Bonchev–Trinajstić information content (AvgIpc) is 3.51. The Hall–Kier alpha value is 0.184. The van der Waals surface area contributed by atoms with Crippen molar-refractivity contribution in [1.29, 1.82) is 0 Å². The number of rotatable bonds is 5. The molecule has 0 aliphatic heterocycles. The van der Waals surface area contributed by atoms with Crippen LogP contribution in [0.3, 0.4) is 0 Å². The molecule has 3 heterocycles. The Morgan fingerprint density at radius 3 is 1.63 bits per heavy atom. The number of aryl methyl sites for hydroxylation is 5. The van der Waals surface area contributed by atoms with Crippen LogP contribution >= 0.6 is 34.0 Å². The third-order valence-electron chi connectivity index (χ3n) is 5.27. The van der Waals surface area contributed by atoms with E-state index in [2.05, 4.69) is 89.4 Å². The largest absolute Gasteiger partial charge is 1.00 e. The molecule has 0 fully saturated rings. The summed E-state index contributed by atoms with van der Waals surface area (Å²) in [5.41, 5.74) is 5.30. The minimum absolute atomic E-state index is 0. The number of unbranched alkanes of at least 4 members (excludes halogenated alkanes) is 2. The summed E-state index contributed by atoms with van der Waals surface area (Å²) in [6, 6.07) is 17.0. The topological polar surface area (TPSA) is 47.1 Å². The van der Waals surface area contributed by atoms with Crippen molar-refractivity contribution in [3.05, 3.63) is 108 Å². The van der Waals surface area contributed by atoms with E-state index in [1.807, 2.05) is 29.7 Å². The monoisotopic (exact) mass is 591 g/mol. The summed E-state index contributed by atoms with van der Waals surface area (Å²) in [5, 5.41) is 4.03. The third kappa shape index (κ3) is 19.3. The van der Waals surface area contributed by atoms with Gasteiger partial charge in [0.2, 0.25) is 0 Å². The number of benzene rings is 1. The third-order valence-corrected chi connectivity index (χ3v) is 8.32. The zero-order chi connectivity index (χ0) is 25.3. The maximum Gasteiger partial charge on any atom is 1.00 e. The second-order valence-corrected chi connectivity index (χ2v) is 11.6. The zero-order valence-electron chi connectivity index (χ0n) is 26.3. The summed E-state index contributed by atoms with van der Waals surface area (Å²) in [5.74, 6) is 0. The van der Waals surface area contributed by atoms with Crippen molar-refractivity contribution < 1.29 is 81.9 Å². The fraction of sp³-hybridized carbons (Fsp3) is 0.355. The van der Waals surface area contributed by atoms with Crippen LogP contribution in [0, 0.1) is 42.0 Å². The molecule has 202 valence electrons. The number of hydrogen-bond donors (Lipinski definition) is 0. The van der Waals surface area contributed by atoms with Crippen molar-refractivity contribution >= 4 is 40.3 Å². The van der Waals surface area contributed by atoms with E-state index < -0.39 is 0 Å². The van der Waals surface area contributed by atoms with Crippen LogP contribution in [0.4, 0.5) is 0 Å². The van der Waals surface area contributed by atoms with Crippen LogP contribution < -0.4 is 70.2 Å². The number of hydrogen-bond acceptors (Lipinski definition) is 5. The summed E-state index contributed by atoms with van der Waals surface area (Å²) in [6.45, 7) is 15.0. The average molecular weight is 592 g/mol. The SMILES string of the molecule is CCCCC.Cc1cc(Cc2ccccc2)sc1C.Cc1ccsc1C.Cc1ccsc1C=O.[CH3-].[H-].[K+].[Li+].[OH-]. The predicted octanol–water partition coefficient (Wildman–Crippen LogP) is 4.78. The molecule has 0 bridgehead atoms. The molecule has 1 N–H and O–H groups in total. The molecule has 0 unspecified atom stereocenters. The van der Waals surface area contributed by atoms with Crippen LogP contribution in [-0.4, -0.2) is 11.8 Å². The Kier molecular flexibility index (Phi) is 32.5. The van der Waals surface area contributed by atoms with E-state index in [1.54, 1.807) is 11.3 Å². The second-order valence-electron chi connectivity index (χ2n) is 8.21. The van der Waals surface area contributed by atoms with Gasteiger partial charge in [-0.25, -0.2) is 0 Å². The van der Waals surface area contributed by atoms with Gasteiger partial charge in [0.15, 0.2) is 6.29 Å². The molecule has 0 saturated carbocycles. The van der Waals surface area contributed by atoms with Gasteiger partial charge in [0.25, 0.3) is 0 Å². The van der Waals surface area contributed by atoms with Crippen molar-refractivity contribution in [3.63, 3.8) is 0 Å². The van der Waals surface area contributed by atoms with Crippen LogP contribution in [0.2, 0.25) is 0 Å². The summed E-state index contributed by atoms with van der Waals surface area (Å²) in [6.07, 6.45) is 6.03. The van der Waals surface area contributed by atoms with Crippen LogP contribution in [0.1, 0.15) is 81.1 Å². The molecule has 3 aromatic heterocycles. The molecule has 4 aromatic rings. The van der Waals surface area contributed by atoms with Crippen molar-refractivity contribution in [2.75, 3.05) is 0 Å². The van der Waals surface area contributed by atoms with Gasteiger partial charge in [-0.1, -0.05) is 63.4 Å². The predicted molar refractivity (Wildman–Crippen MR) is 166 cm³/mol. The van der Waals surface area contributed by atoms with Gasteiger partial charge in [0, 0.05) is 21.1 Å². The van der Waals surface area contributed by atoms with E-state index in [0.29, 0.717) is 0 Å². The van der Waals surface area contributed by atoms with E-state index in [1.165, 1.54) is 61.9 Å². The zero-order valence-corrected chi connectivity index (χ0v) is 30.8. The number of thiophene rings is 3. The fourth-order valence-electron chi connectivity index (χ4n) is 2.84.